The number of phosphoric ester groups is 1. The maximum absolute atomic E-state index is 12.5. The number of hydrogen-bond donors (Lipinski definition) is 2. The highest BCUT2D eigenvalue weighted by Crippen LogP contribution is 2.36. The van der Waals surface area contributed by atoms with Gasteiger partial charge in [-0.1, -0.05) is 192 Å². The van der Waals surface area contributed by atoms with Gasteiger partial charge >= 0.3 is 19.8 Å². The molecule has 4 atom stereocenters. The van der Waals surface area contributed by atoms with Crippen LogP contribution in [0.2, 0.25) is 0 Å². The molecule has 1 saturated heterocycles. The van der Waals surface area contributed by atoms with Crippen molar-refractivity contribution in [3.8, 4) is 0 Å². The summed E-state index contributed by atoms with van der Waals surface area (Å²) in [6.07, 6.45) is 47.5. The lowest BCUT2D eigenvalue weighted by molar-refractivity contribution is -0.161. The van der Waals surface area contributed by atoms with E-state index in [4.69, 9.17) is 24.0 Å². The Morgan fingerprint density at radius 3 is 1.64 bits per heavy atom. The minimum absolute atomic E-state index is 0.129. The summed E-state index contributed by atoms with van der Waals surface area (Å²) in [5.74, 6) is -0.0523. The number of phosphoric acid groups is 1. The van der Waals surface area contributed by atoms with Crippen molar-refractivity contribution in [1.82, 2.24) is 0 Å². The monoisotopic (exact) mass is 839 g/mol. The molecule has 3 unspecified atom stereocenters. The molecule has 0 radical (unpaired) electrons. The van der Waals surface area contributed by atoms with Gasteiger partial charge in [0.15, 0.2) is 6.10 Å². The number of carbonyl (C=O) groups excluding carboxylic acids is 2. The molecule has 1 aliphatic heterocycles. The van der Waals surface area contributed by atoms with Crippen LogP contribution in [0.15, 0.2) is 36.5 Å². The van der Waals surface area contributed by atoms with Crippen molar-refractivity contribution in [3.63, 3.8) is 0 Å². The lowest BCUT2D eigenvalue weighted by Crippen LogP contribution is -2.29. The number of unbranched alkanes of at least 4 members (excludes halogenated alkanes) is 21. The molecule has 2 N–H and O–H groups in total. The van der Waals surface area contributed by atoms with Gasteiger partial charge in [-0.2, -0.15) is 0 Å². The van der Waals surface area contributed by atoms with E-state index in [2.05, 4.69) is 55.7 Å². The molecule has 58 heavy (non-hydrogen) atoms. The molecule has 1 rings (SSSR count). The first-order chi connectivity index (χ1) is 28.1. The molecule has 10 heteroatoms. The predicted octanol–water partition coefficient (Wildman–Crippen LogP) is 13.8. The summed E-state index contributed by atoms with van der Waals surface area (Å²) in [6.45, 7) is 6.02. The van der Waals surface area contributed by atoms with Gasteiger partial charge in [-0.25, -0.2) is 4.57 Å². The highest BCUT2D eigenvalue weighted by Gasteiger charge is 2.36. The van der Waals surface area contributed by atoms with E-state index in [9.17, 15) is 14.2 Å². The summed E-state index contributed by atoms with van der Waals surface area (Å²) >= 11 is 0. The van der Waals surface area contributed by atoms with Crippen molar-refractivity contribution in [3.05, 3.63) is 36.5 Å². The molecule has 0 aromatic rings. The van der Waals surface area contributed by atoms with Gasteiger partial charge in [0.25, 0.3) is 0 Å². The van der Waals surface area contributed by atoms with Crippen LogP contribution in [-0.4, -0.2) is 53.3 Å². The van der Waals surface area contributed by atoms with E-state index in [0.717, 1.165) is 50.9 Å². The van der Waals surface area contributed by atoms with Gasteiger partial charge in [-0.05, 0) is 57.3 Å². The van der Waals surface area contributed by atoms with E-state index in [-0.39, 0.29) is 31.7 Å². The number of hydrogen-bond acceptors (Lipinski definition) is 7. The Bertz CT molecular complexity index is 1120. The molecule has 1 aliphatic rings. The van der Waals surface area contributed by atoms with E-state index >= 15 is 0 Å². The fourth-order valence-electron chi connectivity index (χ4n) is 7.03. The fourth-order valence-corrected chi connectivity index (χ4v) is 7.39. The molecular weight excluding hydrogens is 751 g/mol. The van der Waals surface area contributed by atoms with E-state index in [1.165, 1.54) is 128 Å². The van der Waals surface area contributed by atoms with Gasteiger partial charge in [0.05, 0.1) is 18.8 Å². The third kappa shape index (κ3) is 37.2. The van der Waals surface area contributed by atoms with Crippen molar-refractivity contribution in [2.45, 2.75) is 238 Å². The van der Waals surface area contributed by atoms with Crippen LogP contribution >= 0.6 is 7.82 Å². The Morgan fingerprint density at radius 1 is 0.603 bits per heavy atom. The van der Waals surface area contributed by atoms with Gasteiger partial charge in [-0.15, -0.1) is 0 Å². The Kier molecular flexibility index (Phi) is 35.7. The molecule has 0 spiro atoms. The van der Waals surface area contributed by atoms with Crippen molar-refractivity contribution in [2.75, 3.05) is 13.2 Å². The quantitative estimate of drug-likeness (QED) is 0.0203. The van der Waals surface area contributed by atoms with Crippen LogP contribution in [0.3, 0.4) is 0 Å². The lowest BCUT2D eigenvalue weighted by Gasteiger charge is -2.18. The van der Waals surface area contributed by atoms with Gasteiger partial charge in [-0.3, -0.25) is 14.1 Å². The smallest absolute Gasteiger partial charge is 0.462 e. The van der Waals surface area contributed by atoms with E-state index < -0.39 is 32.5 Å². The molecule has 1 fully saturated rings. The van der Waals surface area contributed by atoms with Crippen molar-refractivity contribution in [1.29, 1.82) is 0 Å². The Morgan fingerprint density at radius 2 is 1.09 bits per heavy atom. The maximum atomic E-state index is 12.5. The van der Waals surface area contributed by atoms with Crippen molar-refractivity contribution < 1.29 is 42.7 Å². The highest BCUT2D eigenvalue weighted by molar-refractivity contribution is 7.46. The molecule has 0 bridgehead atoms. The normalized spacial score (nSPS) is 16.8. The summed E-state index contributed by atoms with van der Waals surface area (Å²) in [6, 6.07) is 0. The third-order valence-electron chi connectivity index (χ3n) is 11.1. The molecule has 0 amide bonds. The number of ether oxygens (including phenoxy) is 3. The largest absolute Gasteiger partial charge is 0.469 e. The first kappa shape index (κ1) is 54.2. The average molecular weight is 839 g/mol. The van der Waals surface area contributed by atoms with Crippen LogP contribution in [0.5, 0.6) is 0 Å². The van der Waals surface area contributed by atoms with Crippen LogP contribution in [0.25, 0.3) is 0 Å². The zero-order valence-corrected chi connectivity index (χ0v) is 38.2. The van der Waals surface area contributed by atoms with Gasteiger partial charge in [0, 0.05) is 12.8 Å². The zero-order valence-electron chi connectivity index (χ0n) is 37.3. The third-order valence-corrected chi connectivity index (χ3v) is 11.6. The molecule has 9 nitrogen and oxygen atoms in total. The SMILES string of the molecule is CCCCC/C=C\C/C=C\CC1OC1C/C=C\CCCC(=O)O[C@H](COC(=O)CCCCCCCCCCCCCCCCCCCCC(C)CC)COP(=O)(O)O. The minimum atomic E-state index is -4.78. The minimum Gasteiger partial charge on any atom is -0.462 e. The topological polar surface area (TPSA) is 132 Å². The fraction of sp³-hybridized carbons (Fsp3) is 0.833. The van der Waals surface area contributed by atoms with Crippen LogP contribution in [0.4, 0.5) is 0 Å². The maximum Gasteiger partial charge on any atom is 0.469 e. The lowest BCUT2D eigenvalue weighted by atomic mass is 9.99. The summed E-state index contributed by atoms with van der Waals surface area (Å²) < 4.78 is 32.2. The second-order valence-corrected chi connectivity index (χ2v) is 18.0. The molecule has 0 aromatic heterocycles. The Hall–Kier alpha value is -1.77. The van der Waals surface area contributed by atoms with Crippen LogP contribution in [-0.2, 0) is 32.9 Å². The Balaban J connectivity index is 2.04. The van der Waals surface area contributed by atoms with Crippen molar-refractivity contribution >= 4 is 19.8 Å². The molecule has 1 heterocycles. The number of carbonyl (C=O) groups is 2. The Labute approximate surface area is 355 Å². The summed E-state index contributed by atoms with van der Waals surface area (Å²) in [5, 5.41) is 0. The van der Waals surface area contributed by atoms with E-state index in [0.29, 0.717) is 12.8 Å². The number of allylic oxidation sites excluding steroid dienone is 4. The summed E-state index contributed by atoms with van der Waals surface area (Å²) in [7, 11) is -4.78. The molecule has 338 valence electrons. The van der Waals surface area contributed by atoms with E-state index in [1.807, 2.05) is 6.08 Å². The second kappa shape index (κ2) is 38.2. The standard InChI is InChI=1S/C48H87O9P/c1-4-6-7-8-9-20-24-27-32-37-45-46(57-45)38-33-29-30-35-40-48(50)56-44(42-55-58(51,52)53)41-54-47(49)39-34-28-25-22-19-17-15-13-11-10-12-14-16-18-21-23-26-31-36-43(3)5-2/h9,20,27,29,32-33,43-46H,4-8,10-19,21-26,28,30-31,34-42H2,1-3H3,(H2,51,52,53)/b20-9-,32-27-,33-29-/t43?,44-,45?,46?/m1/s1. The molecule has 0 saturated carbocycles. The number of esters is 2. The van der Waals surface area contributed by atoms with Crippen LogP contribution < -0.4 is 0 Å². The highest BCUT2D eigenvalue weighted by atomic mass is 31.2. The number of rotatable bonds is 42. The molecule has 0 aliphatic carbocycles. The number of epoxide rings is 1. The van der Waals surface area contributed by atoms with Gasteiger partial charge < -0.3 is 24.0 Å². The first-order valence-electron chi connectivity index (χ1n) is 23.8. The first-order valence-corrected chi connectivity index (χ1v) is 25.3. The van der Waals surface area contributed by atoms with Gasteiger partial charge in [0.1, 0.15) is 6.61 Å². The predicted molar refractivity (Wildman–Crippen MR) is 239 cm³/mol. The second-order valence-electron chi connectivity index (χ2n) is 16.7. The van der Waals surface area contributed by atoms with Gasteiger partial charge in [0.2, 0.25) is 0 Å². The van der Waals surface area contributed by atoms with E-state index in [1.54, 1.807) is 0 Å². The van der Waals surface area contributed by atoms with Crippen LogP contribution in [0, 0.1) is 5.92 Å². The summed E-state index contributed by atoms with van der Waals surface area (Å²) in [5.41, 5.74) is 0. The summed E-state index contributed by atoms with van der Waals surface area (Å²) in [4.78, 5) is 43.0. The average Bonchev–Trinajstić information content (AvgIpc) is 3.95. The molecular formula is C48H87O9P. The molecule has 0 aromatic carbocycles. The van der Waals surface area contributed by atoms with Crippen LogP contribution in [0.1, 0.15) is 220 Å². The van der Waals surface area contributed by atoms with Crippen molar-refractivity contribution in [2.24, 2.45) is 5.92 Å². The zero-order chi connectivity index (χ0) is 42.4.